The van der Waals surface area contributed by atoms with Gasteiger partial charge < -0.3 is 15.4 Å². The SMILES string of the molecule is CC(C)(C)NC(=O)c1ccccc1NC(=O)CN(c1ccc(Oc2ccccc2)cc1)S(C)(=O)=O. The first-order valence-electron chi connectivity index (χ1n) is 10.9. The summed E-state index contributed by atoms with van der Waals surface area (Å²) in [5, 5.41) is 5.52. The van der Waals surface area contributed by atoms with Gasteiger partial charge in [0.15, 0.2) is 0 Å². The van der Waals surface area contributed by atoms with Gasteiger partial charge in [-0.05, 0) is 69.3 Å². The fourth-order valence-electron chi connectivity index (χ4n) is 3.22. The number of ether oxygens (including phenoxy) is 1. The van der Waals surface area contributed by atoms with E-state index in [1.807, 2.05) is 39.0 Å². The second kappa shape index (κ2) is 10.6. The van der Waals surface area contributed by atoms with E-state index in [-0.39, 0.29) is 11.5 Å². The Kier molecular flexibility index (Phi) is 7.81. The van der Waals surface area contributed by atoms with Gasteiger partial charge in [0, 0.05) is 5.54 Å². The fraction of sp³-hybridized carbons (Fsp3) is 0.231. The molecule has 0 aliphatic heterocycles. The van der Waals surface area contributed by atoms with Crippen LogP contribution in [-0.2, 0) is 14.8 Å². The zero-order valence-electron chi connectivity index (χ0n) is 20.1. The van der Waals surface area contributed by atoms with Gasteiger partial charge in [-0.25, -0.2) is 8.42 Å². The molecule has 0 fully saturated rings. The van der Waals surface area contributed by atoms with Crippen LogP contribution in [0.15, 0.2) is 78.9 Å². The van der Waals surface area contributed by atoms with Gasteiger partial charge in [-0.15, -0.1) is 0 Å². The highest BCUT2D eigenvalue weighted by atomic mass is 32.2. The Labute approximate surface area is 206 Å². The Morgan fingerprint density at radius 1 is 0.857 bits per heavy atom. The van der Waals surface area contributed by atoms with Crippen LogP contribution in [0.3, 0.4) is 0 Å². The van der Waals surface area contributed by atoms with E-state index in [1.165, 1.54) is 0 Å². The predicted octanol–water partition coefficient (Wildman–Crippen LogP) is 4.41. The minimum absolute atomic E-state index is 0.282. The van der Waals surface area contributed by atoms with E-state index >= 15 is 0 Å². The Hall–Kier alpha value is -3.85. The highest BCUT2D eigenvalue weighted by Gasteiger charge is 2.23. The zero-order valence-corrected chi connectivity index (χ0v) is 20.9. The number of carbonyl (C=O) groups excluding carboxylic acids is 2. The summed E-state index contributed by atoms with van der Waals surface area (Å²) < 4.78 is 31.7. The number of para-hydroxylation sites is 2. The maximum atomic E-state index is 12.8. The first-order chi connectivity index (χ1) is 16.4. The van der Waals surface area contributed by atoms with Crippen LogP contribution >= 0.6 is 0 Å². The molecule has 3 aromatic rings. The number of amides is 2. The van der Waals surface area contributed by atoms with Crippen molar-refractivity contribution in [3.05, 3.63) is 84.4 Å². The average Bonchev–Trinajstić information content (AvgIpc) is 2.77. The van der Waals surface area contributed by atoms with Crippen LogP contribution in [0.2, 0.25) is 0 Å². The third kappa shape index (κ3) is 7.58. The standard InChI is InChI=1S/C26H29N3O5S/c1-26(2,3)28-25(31)22-12-8-9-13-23(22)27-24(30)18-29(35(4,32)33)19-14-16-21(17-15-19)34-20-10-6-5-7-11-20/h5-17H,18H2,1-4H3,(H,27,30)(H,28,31). The molecule has 184 valence electrons. The minimum atomic E-state index is -3.78. The molecule has 0 bridgehead atoms. The van der Waals surface area contributed by atoms with Crippen molar-refractivity contribution in [2.75, 3.05) is 22.4 Å². The Morgan fingerprint density at radius 2 is 1.43 bits per heavy atom. The fourth-order valence-corrected chi connectivity index (χ4v) is 4.08. The van der Waals surface area contributed by atoms with Gasteiger partial charge in [0.25, 0.3) is 5.91 Å². The molecule has 3 aromatic carbocycles. The van der Waals surface area contributed by atoms with Crippen molar-refractivity contribution in [1.29, 1.82) is 0 Å². The predicted molar refractivity (Wildman–Crippen MR) is 137 cm³/mol. The third-order valence-corrected chi connectivity index (χ3v) is 5.87. The van der Waals surface area contributed by atoms with Crippen molar-refractivity contribution in [2.24, 2.45) is 0 Å². The van der Waals surface area contributed by atoms with Crippen LogP contribution < -0.4 is 19.7 Å². The summed E-state index contributed by atoms with van der Waals surface area (Å²) in [6, 6.07) is 22.1. The second-order valence-electron chi connectivity index (χ2n) is 8.98. The van der Waals surface area contributed by atoms with Crippen LogP contribution in [-0.4, -0.2) is 38.6 Å². The molecule has 0 spiro atoms. The first kappa shape index (κ1) is 25.8. The molecule has 8 nitrogen and oxygen atoms in total. The molecule has 2 amide bonds. The normalized spacial score (nSPS) is 11.4. The molecule has 2 N–H and O–H groups in total. The largest absolute Gasteiger partial charge is 0.457 e. The summed E-state index contributed by atoms with van der Waals surface area (Å²) in [6.07, 6.45) is 1.03. The van der Waals surface area contributed by atoms with Crippen molar-refractivity contribution in [2.45, 2.75) is 26.3 Å². The van der Waals surface area contributed by atoms with E-state index in [4.69, 9.17) is 4.74 Å². The van der Waals surface area contributed by atoms with Gasteiger partial charge in [-0.1, -0.05) is 30.3 Å². The quantitative estimate of drug-likeness (QED) is 0.482. The molecule has 0 radical (unpaired) electrons. The molecule has 0 aliphatic rings. The van der Waals surface area contributed by atoms with Gasteiger partial charge in [0.1, 0.15) is 18.0 Å². The molecule has 0 saturated heterocycles. The van der Waals surface area contributed by atoms with Gasteiger partial charge in [0.05, 0.1) is 23.2 Å². The Balaban J connectivity index is 1.76. The lowest BCUT2D eigenvalue weighted by Crippen LogP contribution is -2.41. The maximum Gasteiger partial charge on any atom is 0.253 e. The number of rotatable bonds is 8. The van der Waals surface area contributed by atoms with Gasteiger partial charge >= 0.3 is 0 Å². The minimum Gasteiger partial charge on any atom is -0.457 e. The van der Waals surface area contributed by atoms with E-state index in [0.29, 0.717) is 22.9 Å². The summed E-state index contributed by atoms with van der Waals surface area (Å²) >= 11 is 0. The average molecular weight is 496 g/mol. The number of nitrogens with zero attached hydrogens (tertiary/aromatic N) is 1. The van der Waals surface area contributed by atoms with Crippen molar-refractivity contribution in [3.63, 3.8) is 0 Å². The second-order valence-corrected chi connectivity index (χ2v) is 10.9. The van der Waals surface area contributed by atoms with Crippen LogP contribution in [0.1, 0.15) is 31.1 Å². The summed E-state index contributed by atoms with van der Waals surface area (Å²) in [5.74, 6) is 0.240. The van der Waals surface area contributed by atoms with Crippen molar-refractivity contribution < 1.29 is 22.7 Å². The maximum absolute atomic E-state index is 12.8. The monoisotopic (exact) mass is 495 g/mol. The summed E-state index contributed by atoms with van der Waals surface area (Å²) in [6.45, 7) is 5.09. The molecular weight excluding hydrogens is 466 g/mol. The number of nitrogens with one attached hydrogen (secondary N) is 2. The summed E-state index contributed by atoms with van der Waals surface area (Å²) in [4.78, 5) is 25.5. The number of carbonyl (C=O) groups is 2. The van der Waals surface area contributed by atoms with Crippen LogP contribution in [0.5, 0.6) is 11.5 Å². The Morgan fingerprint density at radius 3 is 2.03 bits per heavy atom. The lowest BCUT2D eigenvalue weighted by molar-refractivity contribution is -0.114. The van der Waals surface area contributed by atoms with E-state index in [0.717, 1.165) is 10.6 Å². The van der Waals surface area contributed by atoms with Gasteiger partial charge in [0.2, 0.25) is 15.9 Å². The van der Waals surface area contributed by atoms with Gasteiger partial charge in [-0.3, -0.25) is 13.9 Å². The number of sulfonamides is 1. The number of benzene rings is 3. The highest BCUT2D eigenvalue weighted by Crippen LogP contribution is 2.26. The third-order valence-electron chi connectivity index (χ3n) is 4.73. The molecule has 35 heavy (non-hydrogen) atoms. The first-order valence-corrected chi connectivity index (χ1v) is 12.8. The number of hydrogen-bond donors (Lipinski definition) is 2. The van der Waals surface area contributed by atoms with E-state index in [9.17, 15) is 18.0 Å². The Bertz CT molecular complexity index is 1280. The van der Waals surface area contributed by atoms with Crippen LogP contribution in [0, 0.1) is 0 Å². The molecule has 0 unspecified atom stereocenters. The van der Waals surface area contributed by atoms with E-state index in [2.05, 4.69) is 10.6 Å². The molecule has 0 saturated carbocycles. The molecule has 3 rings (SSSR count). The van der Waals surface area contributed by atoms with E-state index < -0.39 is 28.0 Å². The zero-order chi connectivity index (χ0) is 25.6. The van der Waals surface area contributed by atoms with Crippen LogP contribution in [0.25, 0.3) is 0 Å². The highest BCUT2D eigenvalue weighted by molar-refractivity contribution is 7.92. The number of anilines is 2. The van der Waals surface area contributed by atoms with Crippen molar-refractivity contribution in [3.8, 4) is 11.5 Å². The van der Waals surface area contributed by atoms with Gasteiger partial charge in [-0.2, -0.15) is 0 Å². The van der Waals surface area contributed by atoms with Crippen molar-refractivity contribution in [1.82, 2.24) is 5.32 Å². The lowest BCUT2D eigenvalue weighted by Gasteiger charge is -2.23. The summed E-state index contributed by atoms with van der Waals surface area (Å²) in [5.41, 5.74) is 0.419. The molecule has 0 heterocycles. The van der Waals surface area contributed by atoms with Crippen molar-refractivity contribution >= 4 is 33.2 Å². The molecule has 0 atom stereocenters. The van der Waals surface area contributed by atoms with E-state index in [1.54, 1.807) is 60.7 Å². The number of hydrogen-bond acceptors (Lipinski definition) is 5. The molecule has 9 heteroatoms. The lowest BCUT2D eigenvalue weighted by atomic mass is 10.1. The molecule has 0 aromatic heterocycles. The summed E-state index contributed by atoms with van der Waals surface area (Å²) in [7, 11) is -3.78. The molecular formula is C26H29N3O5S. The van der Waals surface area contributed by atoms with Crippen LogP contribution in [0.4, 0.5) is 11.4 Å². The molecule has 0 aliphatic carbocycles. The smallest absolute Gasteiger partial charge is 0.253 e. The topological polar surface area (TPSA) is 105 Å².